The summed E-state index contributed by atoms with van der Waals surface area (Å²) in [4.78, 5) is 0. The Balaban J connectivity index is 2.21. The molecule has 2 aliphatic rings. The molecule has 2 rings (SSSR count). The molecule has 5 heteroatoms. The normalized spacial score (nSPS) is 48.2. The Bertz CT molecular complexity index is 219. The molecule has 0 radical (unpaired) electrons. The van der Waals surface area contributed by atoms with Crippen molar-refractivity contribution < 1.29 is 18.4 Å². The molecule has 0 spiro atoms. The molecule has 2 bridgehead atoms. The predicted molar refractivity (Wildman–Crippen MR) is 52.6 cm³/mol. The van der Waals surface area contributed by atoms with Gasteiger partial charge in [0.15, 0.2) is 6.29 Å². The standard InChI is InChI=1S/C9H18O4Si/c1-6(2)14-11-7(3)4-5-8(12-14)9(10)13-14/h6-10H,4-5H2,1-3H3. The molecule has 0 aromatic rings. The summed E-state index contributed by atoms with van der Waals surface area (Å²) in [5.74, 6) is 0. The monoisotopic (exact) mass is 218 g/mol. The van der Waals surface area contributed by atoms with E-state index >= 15 is 0 Å². The van der Waals surface area contributed by atoms with Crippen LogP contribution < -0.4 is 0 Å². The summed E-state index contributed by atoms with van der Waals surface area (Å²) in [5, 5.41) is 9.63. The minimum Gasteiger partial charge on any atom is -0.370 e. The molecule has 0 saturated carbocycles. The molecule has 0 amide bonds. The third-order valence-electron chi connectivity index (χ3n) is 2.85. The summed E-state index contributed by atoms with van der Waals surface area (Å²) < 4.78 is 17.2. The van der Waals surface area contributed by atoms with Gasteiger partial charge in [-0.15, -0.1) is 0 Å². The third-order valence-corrected chi connectivity index (χ3v) is 6.20. The maximum Gasteiger partial charge on any atom is 0.506 e. The first-order valence-electron chi connectivity index (χ1n) is 5.25. The quantitative estimate of drug-likeness (QED) is 0.673. The van der Waals surface area contributed by atoms with E-state index in [2.05, 4.69) is 0 Å². The predicted octanol–water partition coefficient (Wildman–Crippen LogP) is 1.27. The van der Waals surface area contributed by atoms with Gasteiger partial charge in [0.1, 0.15) is 0 Å². The maximum atomic E-state index is 9.63. The van der Waals surface area contributed by atoms with Crippen molar-refractivity contribution in [2.24, 2.45) is 0 Å². The lowest BCUT2D eigenvalue weighted by atomic mass is 10.1. The molecule has 14 heavy (non-hydrogen) atoms. The summed E-state index contributed by atoms with van der Waals surface area (Å²) in [6, 6.07) is 0. The molecule has 2 heterocycles. The Labute approximate surface area is 85.5 Å². The minimum absolute atomic E-state index is 0.172. The SMILES string of the molecule is CC1CCC2O[Si](C(C)C)(O1)OC2O. The average Bonchev–Trinajstić information content (AvgIpc) is 2.28. The lowest BCUT2D eigenvalue weighted by molar-refractivity contribution is -0.0582. The molecule has 4 nitrogen and oxygen atoms in total. The van der Waals surface area contributed by atoms with Crippen LogP contribution in [0.25, 0.3) is 0 Å². The molecule has 2 saturated heterocycles. The van der Waals surface area contributed by atoms with Gasteiger partial charge < -0.3 is 18.4 Å². The second-order valence-corrected chi connectivity index (χ2v) is 7.50. The van der Waals surface area contributed by atoms with E-state index in [0.717, 1.165) is 12.8 Å². The van der Waals surface area contributed by atoms with Crippen LogP contribution in [-0.4, -0.2) is 32.4 Å². The van der Waals surface area contributed by atoms with Crippen molar-refractivity contribution in [3.05, 3.63) is 0 Å². The van der Waals surface area contributed by atoms with E-state index in [1.54, 1.807) is 0 Å². The van der Waals surface area contributed by atoms with Crippen LogP contribution in [0.1, 0.15) is 33.6 Å². The zero-order valence-electron chi connectivity index (χ0n) is 8.90. The summed E-state index contributed by atoms with van der Waals surface area (Å²) in [7, 11) is -2.59. The Morgan fingerprint density at radius 3 is 2.57 bits per heavy atom. The minimum atomic E-state index is -2.59. The fourth-order valence-corrected chi connectivity index (χ4v) is 4.75. The van der Waals surface area contributed by atoms with Crippen molar-refractivity contribution in [1.82, 2.24) is 0 Å². The molecular formula is C9H18O4Si. The molecule has 0 aromatic heterocycles. The molecule has 0 aromatic carbocycles. The Morgan fingerprint density at radius 1 is 1.21 bits per heavy atom. The zero-order chi connectivity index (χ0) is 10.3. The molecule has 2 aliphatic heterocycles. The van der Waals surface area contributed by atoms with Crippen LogP contribution in [0.3, 0.4) is 0 Å². The summed E-state index contributed by atoms with van der Waals surface area (Å²) in [6.45, 7) is 6.09. The van der Waals surface area contributed by atoms with Crippen LogP contribution in [-0.2, 0) is 13.3 Å². The molecule has 4 unspecified atom stereocenters. The van der Waals surface area contributed by atoms with E-state index in [-0.39, 0.29) is 17.7 Å². The van der Waals surface area contributed by atoms with Crippen molar-refractivity contribution >= 4 is 8.80 Å². The van der Waals surface area contributed by atoms with Crippen molar-refractivity contribution in [3.8, 4) is 0 Å². The largest absolute Gasteiger partial charge is 0.506 e. The number of hydrogen-bond acceptors (Lipinski definition) is 4. The van der Waals surface area contributed by atoms with Crippen molar-refractivity contribution in [3.63, 3.8) is 0 Å². The molecule has 1 N–H and O–H groups in total. The van der Waals surface area contributed by atoms with Crippen LogP contribution in [0, 0.1) is 0 Å². The Kier molecular flexibility index (Phi) is 2.70. The van der Waals surface area contributed by atoms with Gasteiger partial charge in [0, 0.05) is 11.6 Å². The number of aliphatic hydroxyl groups excluding tert-OH is 1. The highest BCUT2D eigenvalue weighted by Crippen LogP contribution is 2.39. The van der Waals surface area contributed by atoms with Gasteiger partial charge in [0.25, 0.3) is 0 Å². The fraction of sp³-hybridized carbons (Fsp3) is 1.00. The highest BCUT2D eigenvalue weighted by atomic mass is 28.4. The van der Waals surface area contributed by atoms with Crippen molar-refractivity contribution in [1.29, 1.82) is 0 Å². The number of hydrogen-bond donors (Lipinski definition) is 1. The molecule has 2 fully saturated rings. The summed E-state index contributed by atoms with van der Waals surface area (Å²) in [5.41, 5.74) is 0.211. The highest BCUT2D eigenvalue weighted by molar-refractivity contribution is 6.62. The molecule has 4 atom stereocenters. The summed E-state index contributed by atoms with van der Waals surface area (Å²) in [6.07, 6.45) is 0.989. The Hall–Kier alpha value is 0.0569. The van der Waals surface area contributed by atoms with Gasteiger partial charge in [0.2, 0.25) is 0 Å². The van der Waals surface area contributed by atoms with E-state index < -0.39 is 15.1 Å². The van der Waals surface area contributed by atoms with Gasteiger partial charge in [-0.25, -0.2) is 0 Å². The number of aliphatic hydroxyl groups is 1. The first-order chi connectivity index (χ1) is 6.53. The van der Waals surface area contributed by atoms with E-state index in [0.29, 0.717) is 0 Å². The van der Waals surface area contributed by atoms with Crippen molar-refractivity contribution in [2.45, 2.75) is 57.7 Å². The van der Waals surface area contributed by atoms with Crippen LogP contribution in [0.15, 0.2) is 0 Å². The van der Waals surface area contributed by atoms with Gasteiger partial charge in [-0.05, 0) is 19.8 Å². The van der Waals surface area contributed by atoms with Gasteiger partial charge in [-0.2, -0.15) is 0 Å². The number of fused-ring (bicyclic) bond motifs is 2. The topological polar surface area (TPSA) is 47.9 Å². The smallest absolute Gasteiger partial charge is 0.370 e. The first-order valence-corrected chi connectivity index (χ1v) is 7.05. The van der Waals surface area contributed by atoms with E-state index in [1.807, 2.05) is 20.8 Å². The van der Waals surface area contributed by atoms with Gasteiger partial charge in [-0.3, -0.25) is 0 Å². The van der Waals surface area contributed by atoms with Crippen LogP contribution >= 0.6 is 0 Å². The number of rotatable bonds is 1. The molecule has 82 valence electrons. The van der Waals surface area contributed by atoms with Gasteiger partial charge in [-0.1, -0.05) is 13.8 Å². The van der Waals surface area contributed by atoms with E-state index in [9.17, 15) is 5.11 Å². The zero-order valence-corrected chi connectivity index (χ0v) is 9.90. The maximum absolute atomic E-state index is 9.63. The third kappa shape index (κ3) is 1.63. The highest BCUT2D eigenvalue weighted by Gasteiger charge is 2.58. The Morgan fingerprint density at radius 2 is 1.93 bits per heavy atom. The van der Waals surface area contributed by atoms with Crippen LogP contribution in [0.4, 0.5) is 0 Å². The summed E-state index contributed by atoms with van der Waals surface area (Å²) >= 11 is 0. The molecular weight excluding hydrogens is 200 g/mol. The average molecular weight is 218 g/mol. The second kappa shape index (κ2) is 3.57. The van der Waals surface area contributed by atoms with Crippen molar-refractivity contribution in [2.75, 3.05) is 0 Å². The van der Waals surface area contributed by atoms with Crippen LogP contribution in [0.2, 0.25) is 5.54 Å². The lowest BCUT2D eigenvalue weighted by Gasteiger charge is -2.28. The fourth-order valence-electron chi connectivity index (χ4n) is 1.94. The van der Waals surface area contributed by atoms with Gasteiger partial charge >= 0.3 is 8.80 Å². The molecule has 0 aliphatic carbocycles. The van der Waals surface area contributed by atoms with E-state index in [1.165, 1.54) is 0 Å². The second-order valence-electron chi connectivity index (χ2n) is 4.43. The van der Waals surface area contributed by atoms with E-state index in [4.69, 9.17) is 13.3 Å². The lowest BCUT2D eigenvalue weighted by Crippen LogP contribution is -2.46. The van der Waals surface area contributed by atoms with Crippen LogP contribution in [0.5, 0.6) is 0 Å². The van der Waals surface area contributed by atoms with Gasteiger partial charge in [0.05, 0.1) is 6.10 Å². The first kappa shape index (κ1) is 10.6.